The molecule has 4 heteroatoms. The van der Waals surface area contributed by atoms with Gasteiger partial charge in [-0.2, -0.15) is 0 Å². The molecule has 0 bridgehead atoms. The number of hydrogen-bond donors (Lipinski definition) is 2. The first-order valence-electron chi connectivity index (χ1n) is 4.75. The molecule has 2 N–H and O–H groups in total. The van der Waals surface area contributed by atoms with Crippen molar-refractivity contribution in [3.63, 3.8) is 0 Å². The predicted octanol–water partition coefficient (Wildman–Crippen LogP) is 2.14. The number of hydrogen-bond acceptors (Lipinski definition) is 2. The third-order valence-electron chi connectivity index (χ3n) is 2.24. The summed E-state index contributed by atoms with van der Waals surface area (Å²) in [6.45, 7) is 0. The minimum atomic E-state index is -0.471. The average Bonchev–Trinajstić information content (AvgIpc) is 2.26. The van der Waals surface area contributed by atoms with Crippen molar-refractivity contribution in [3.8, 4) is 0 Å². The van der Waals surface area contributed by atoms with Gasteiger partial charge >= 0.3 is 0 Å². The number of aryl methyl sites for hydroxylation is 1. The second-order valence-electron chi connectivity index (χ2n) is 3.43. The number of thiol groups is 1. The summed E-state index contributed by atoms with van der Waals surface area (Å²) in [7, 11) is 0. The maximum absolute atomic E-state index is 10.8. The summed E-state index contributed by atoms with van der Waals surface area (Å²) >= 11 is 9.36. The number of carbonyl (C=O) groups excluding carboxylic acids is 1. The van der Waals surface area contributed by atoms with Crippen LogP contribution in [0.3, 0.4) is 0 Å². The molecular formula is C11H14ClNOS. The van der Waals surface area contributed by atoms with Gasteiger partial charge in [0.2, 0.25) is 5.12 Å². The molecule has 1 aromatic rings. The Morgan fingerprint density at radius 1 is 1.33 bits per heavy atom. The van der Waals surface area contributed by atoms with Crippen molar-refractivity contribution >= 4 is 29.3 Å². The van der Waals surface area contributed by atoms with Crippen molar-refractivity contribution in [2.24, 2.45) is 5.73 Å². The van der Waals surface area contributed by atoms with E-state index in [1.165, 1.54) is 0 Å². The van der Waals surface area contributed by atoms with Gasteiger partial charge in [0.05, 0.1) is 6.04 Å². The Kier molecular flexibility index (Phi) is 5.15. The first kappa shape index (κ1) is 12.6. The molecule has 0 aliphatic heterocycles. The van der Waals surface area contributed by atoms with Crippen LogP contribution in [0.5, 0.6) is 0 Å². The lowest BCUT2D eigenvalue weighted by Crippen LogP contribution is -2.27. The van der Waals surface area contributed by atoms with E-state index in [1.807, 2.05) is 24.3 Å². The Bertz CT molecular complexity index is 326. The van der Waals surface area contributed by atoms with Crippen LogP contribution in [-0.4, -0.2) is 11.2 Å². The van der Waals surface area contributed by atoms with Crippen molar-refractivity contribution in [2.45, 2.75) is 24.8 Å². The van der Waals surface area contributed by atoms with E-state index in [9.17, 15) is 4.79 Å². The lowest BCUT2D eigenvalue weighted by atomic mass is 10.1. The smallest absolute Gasteiger partial charge is 0.202 e. The van der Waals surface area contributed by atoms with Crippen LogP contribution in [0.4, 0.5) is 0 Å². The highest BCUT2D eigenvalue weighted by Crippen LogP contribution is 2.09. The predicted molar refractivity (Wildman–Crippen MR) is 66.3 cm³/mol. The van der Waals surface area contributed by atoms with Crippen molar-refractivity contribution < 1.29 is 4.79 Å². The average molecular weight is 244 g/mol. The summed E-state index contributed by atoms with van der Waals surface area (Å²) < 4.78 is 0. The van der Waals surface area contributed by atoms with E-state index < -0.39 is 6.04 Å². The zero-order chi connectivity index (χ0) is 11.3. The van der Waals surface area contributed by atoms with Gasteiger partial charge in [0.25, 0.3) is 0 Å². The van der Waals surface area contributed by atoms with Crippen molar-refractivity contribution in [1.29, 1.82) is 0 Å². The number of rotatable bonds is 5. The van der Waals surface area contributed by atoms with Crippen molar-refractivity contribution in [1.82, 2.24) is 0 Å². The fourth-order valence-electron chi connectivity index (χ4n) is 1.24. The van der Waals surface area contributed by atoms with Crippen LogP contribution in [0.1, 0.15) is 17.5 Å². The van der Waals surface area contributed by atoms with E-state index in [0.29, 0.717) is 12.3 Å². The molecule has 0 spiro atoms. The minimum Gasteiger partial charge on any atom is -0.321 e. The molecule has 0 saturated heterocycles. The van der Waals surface area contributed by atoms with E-state index in [0.717, 1.165) is 17.5 Å². The van der Waals surface area contributed by atoms with Gasteiger partial charge in [0.1, 0.15) is 0 Å². The lowest BCUT2D eigenvalue weighted by molar-refractivity contribution is -0.112. The molecule has 0 radical (unpaired) electrons. The second kappa shape index (κ2) is 6.16. The third-order valence-corrected chi connectivity index (χ3v) is 2.88. The molecule has 0 aliphatic rings. The van der Waals surface area contributed by atoms with Crippen LogP contribution >= 0.6 is 24.2 Å². The Hall–Kier alpha value is -0.510. The number of nitrogens with two attached hydrogens (primary N) is 1. The van der Waals surface area contributed by atoms with Gasteiger partial charge < -0.3 is 5.73 Å². The summed E-state index contributed by atoms with van der Waals surface area (Å²) in [6, 6.07) is 7.51. The maximum Gasteiger partial charge on any atom is 0.202 e. The second-order valence-corrected chi connectivity index (χ2v) is 4.14. The third kappa shape index (κ3) is 4.24. The molecule has 15 heavy (non-hydrogen) atoms. The molecule has 1 rings (SSSR count). The standard InChI is InChI=1S/C11H14ClNOS/c12-7-9-3-1-8(2-4-9)5-6-10(13)11(14)15/h1-4,10H,5-7,13H2,(H,14,15). The van der Waals surface area contributed by atoms with Gasteiger partial charge in [-0.3, -0.25) is 4.79 Å². The summed E-state index contributed by atoms with van der Waals surface area (Å²) in [5.41, 5.74) is 7.83. The van der Waals surface area contributed by atoms with E-state index in [4.69, 9.17) is 17.3 Å². The molecule has 0 aliphatic carbocycles. The quantitative estimate of drug-likeness (QED) is 0.615. The normalized spacial score (nSPS) is 12.5. The first-order valence-corrected chi connectivity index (χ1v) is 5.74. The molecule has 1 unspecified atom stereocenters. The summed E-state index contributed by atoms with van der Waals surface area (Å²) in [5, 5.41) is -0.257. The van der Waals surface area contributed by atoms with E-state index in [1.54, 1.807) is 0 Å². The molecule has 0 aromatic heterocycles. The van der Waals surface area contributed by atoms with Crippen LogP contribution in [0.2, 0.25) is 0 Å². The van der Waals surface area contributed by atoms with Gasteiger partial charge in [0, 0.05) is 5.88 Å². The summed E-state index contributed by atoms with van der Waals surface area (Å²) in [4.78, 5) is 10.8. The zero-order valence-electron chi connectivity index (χ0n) is 8.32. The molecule has 2 nitrogen and oxygen atoms in total. The topological polar surface area (TPSA) is 43.1 Å². The molecule has 1 aromatic carbocycles. The first-order chi connectivity index (χ1) is 7.13. The number of alkyl halides is 1. The molecule has 0 heterocycles. The fourth-order valence-corrected chi connectivity index (χ4v) is 1.55. The molecule has 0 amide bonds. The van der Waals surface area contributed by atoms with Crippen molar-refractivity contribution in [3.05, 3.63) is 35.4 Å². The van der Waals surface area contributed by atoms with Crippen LogP contribution < -0.4 is 5.73 Å². The van der Waals surface area contributed by atoms with E-state index >= 15 is 0 Å². The van der Waals surface area contributed by atoms with Crippen LogP contribution in [0.15, 0.2) is 24.3 Å². The fraction of sp³-hybridized carbons (Fsp3) is 0.364. The van der Waals surface area contributed by atoms with Crippen LogP contribution in [0.25, 0.3) is 0 Å². The zero-order valence-corrected chi connectivity index (χ0v) is 9.97. The summed E-state index contributed by atoms with van der Waals surface area (Å²) in [6.07, 6.45) is 1.42. The van der Waals surface area contributed by atoms with Gasteiger partial charge in [-0.15, -0.1) is 24.2 Å². The number of halogens is 1. The molecule has 0 saturated carbocycles. The Morgan fingerprint density at radius 3 is 2.33 bits per heavy atom. The number of benzene rings is 1. The molecule has 1 atom stereocenters. The van der Waals surface area contributed by atoms with E-state index in [-0.39, 0.29) is 5.12 Å². The van der Waals surface area contributed by atoms with Gasteiger partial charge in [-0.1, -0.05) is 24.3 Å². The van der Waals surface area contributed by atoms with Gasteiger partial charge in [0.15, 0.2) is 0 Å². The number of carbonyl (C=O) groups is 1. The Labute approximate surface area is 100 Å². The summed E-state index contributed by atoms with van der Waals surface area (Å²) in [5.74, 6) is 0.523. The van der Waals surface area contributed by atoms with Crippen LogP contribution in [-0.2, 0) is 17.1 Å². The lowest BCUT2D eigenvalue weighted by Gasteiger charge is -2.07. The van der Waals surface area contributed by atoms with Gasteiger partial charge in [-0.05, 0) is 24.0 Å². The maximum atomic E-state index is 10.8. The Morgan fingerprint density at radius 2 is 1.87 bits per heavy atom. The Balaban J connectivity index is 2.47. The monoisotopic (exact) mass is 243 g/mol. The molecule has 82 valence electrons. The highest BCUT2D eigenvalue weighted by atomic mass is 35.5. The van der Waals surface area contributed by atoms with Crippen molar-refractivity contribution in [2.75, 3.05) is 0 Å². The highest BCUT2D eigenvalue weighted by molar-refractivity contribution is 7.96. The van der Waals surface area contributed by atoms with E-state index in [2.05, 4.69) is 12.6 Å². The highest BCUT2D eigenvalue weighted by Gasteiger charge is 2.08. The largest absolute Gasteiger partial charge is 0.321 e. The van der Waals surface area contributed by atoms with Gasteiger partial charge in [-0.25, -0.2) is 0 Å². The molecular weight excluding hydrogens is 230 g/mol. The van der Waals surface area contributed by atoms with Crippen LogP contribution in [0, 0.1) is 0 Å². The molecule has 0 fully saturated rings. The SMILES string of the molecule is NC(CCc1ccc(CCl)cc1)C(=O)S. The minimum absolute atomic E-state index is 0.257.